The highest BCUT2D eigenvalue weighted by Gasteiger charge is 2.42. The van der Waals surface area contributed by atoms with Crippen molar-refractivity contribution in [3.05, 3.63) is 46.4 Å². The highest BCUT2D eigenvalue weighted by Crippen LogP contribution is 2.34. The van der Waals surface area contributed by atoms with Crippen LogP contribution < -0.4 is 5.32 Å². The molecule has 216 valence electrons. The Labute approximate surface area is 222 Å². The summed E-state index contributed by atoms with van der Waals surface area (Å²) >= 11 is 1.74. The summed E-state index contributed by atoms with van der Waals surface area (Å²) in [6.07, 6.45) is -6.70. The molecule has 39 heavy (non-hydrogen) atoms. The van der Waals surface area contributed by atoms with E-state index in [1.807, 2.05) is 19.1 Å². The average molecular weight is 586 g/mol. The number of alkyl halides is 6. The monoisotopic (exact) mass is 585 g/mol. The average Bonchev–Trinajstić information content (AvgIpc) is 3.50. The van der Waals surface area contributed by atoms with E-state index in [0.717, 1.165) is 43.9 Å². The zero-order chi connectivity index (χ0) is 29.4. The van der Waals surface area contributed by atoms with Crippen LogP contribution in [0.1, 0.15) is 24.1 Å². The number of rotatable bonds is 4. The number of aryl methyl sites for hydroxylation is 1. The number of thiophene rings is 1. The molecule has 4 heterocycles. The molecule has 2 aliphatic heterocycles. The number of ether oxygens (including phenoxy) is 1. The Morgan fingerprint density at radius 2 is 1.74 bits per heavy atom. The number of likely N-dealkylation sites (tertiary alicyclic amines) is 1. The lowest BCUT2D eigenvalue weighted by Crippen LogP contribution is -2.41. The minimum atomic E-state index is -5.08. The molecule has 16 heteroatoms. The first-order chi connectivity index (χ1) is 18.1. The second-order valence-corrected chi connectivity index (χ2v) is 9.33. The summed E-state index contributed by atoms with van der Waals surface area (Å²) in [6, 6.07) is 5.89. The van der Waals surface area contributed by atoms with Crippen molar-refractivity contribution in [2.75, 3.05) is 18.4 Å². The zero-order valence-electron chi connectivity index (χ0n) is 20.3. The van der Waals surface area contributed by atoms with Crippen LogP contribution in [0.4, 0.5) is 32.0 Å². The number of pyridine rings is 1. The van der Waals surface area contributed by atoms with Gasteiger partial charge in [-0.05, 0) is 66.8 Å². The lowest BCUT2D eigenvalue weighted by molar-refractivity contribution is -0.193. The summed E-state index contributed by atoms with van der Waals surface area (Å²) in [5.41, 5.74) is 2.96. The van der Waals surface area contributed by atoms with Gasteiger partial charge in [-0.3, -0.25) is 14.7 Å². The van der Waals surface area contributed by atoms with Gasteiger partial charge in [0.2, 0.25) is 0 Å². The number of anilines is 1. The van der Waals surface area contributed by atoms with Crippen molar-refractivity contribution < 1.29 is 55.7 Å². The van der Waals surface area contributed by atoms with Crippen LogP contribution in [0.3, 0.4) is 0 Å². The van der Waals surface area contributed by atoms with Gasteiger partial charge in [0.15, 0.2) is 0 Å². The SMILES string of the molecule is Cc1ncccc1NC(=O)[C@H]1C[C@@H]2CCN(Cc3ccsc3)C[C@H]2O1.O=C(O)C(F)(F)F.O=C(O)C(F)(F)F. The number of aliphatic carboxylic acids is 2. The summed E-state index contributed by atoms with van der Waals surface area (Å²) in [6.45, 7) is 4.86. The maximum atomic E-state index is 12.6. The van der Waals surface area contributed by atoms with E-state index in [9.17, 15) is 31.1 Å². The minimum absolute atomic E-state index is 0.0464. The number of nitrogens with zero attached hydrogens (tertiary/aromatic N) is 2. The van der Waals surface area contributed by atoms with Crippen molar-refractivity contribution in [3.63, 3.8) is 0 Å². The van der Waals surface area contributed by atoms with Gasteiger partial charge in [0.05, 0.1) is 17.5 Å². The van der Waals surface area contributed by atoms with E-state index in [0.29, 0.717) is 5.92 Å². The number of aromatic nitrogens is 1. The number of hydrogen-bond acceptors (Lipinski definition) is 7. The summed E-state index contributed by atoms with van der Waals surface area (Å²) in [5, 5.41) is 21.5. The molecule has 2 fully saturated rings. The molecule has 0 aliphatic carbocycles. The lowest BCUT2D eigenvalue weighted by Gasteiger charge is -2.33. The molecule has 1 amide bonds. The first kappa shape index (κ1) is 32.0. The summed E-state index contributed by atoms with van der Waals surface area (Å²) in [5.74, 6) is -5.07. The Morgan fingerprint density at radius 3 is 2.26 bits per heavy atom. The Hall–Kier alpha value is -3.24. The molecule has 3 atom stereocenters. The third kappa shape index (κ3) is 10.4. The van der Waals surface area contributed by atoms with E-state index in [1.54, 1.807) is 17.5 Å². The van der Waals surface area contributed by atoms with E-state index in [2.05, 4.69) is 32.0 Å². The number of carboxylic acids is 2. The lowest BCUT2D eigenvalue weighted by atomic mass is 9.91. The van der Waals surface area contributed by atoms with Gasteiger partial charge in [0.25, 0.3) is 5.91 Å². The van der Waals surface area contributed by atoms with E-state index in [-0.39, 0.29) is 18.1 Å². The molecule has 0 radical (unpaired) electrons. The van der Waals surface area contributed by atoms with Gasteiger partial charge in [0, 0.05) is 19.3 Å². The van der Waals surface area contributed by atoms with Crippen LogP contribution in [0, 0.1) is 12.8 Å². The fourth-order valence-corrected chi connectivity index (χ4v) is 4.44. The van der Waals surface area contributed by atoms with Crippen LogP contribution in [0.15, 0.2) is 35.2 Å². The number of carbonyl (C=O) groups excluding carboxylic acids is 1. The molecule has 2 aromatic rings. The Bertz CT molecular complexity index is 1090. The number of fused-ring (bicyclic) bond motifs is 1. The van der Waals surface area contributed by atoms with Gasteiger partial charge in [-0.2, -0.15) is 37.7 Å². The van der Waals surface area contributed by atoms with Crippen molar-refractivity contribution >= 4 is 34.9 Å². The van der Waals surface area contributed by atoms with Gasteiger partial charge in [0.1, 0.15) is 6.10 Å². The molecule has 0 unspecified atom stereocenters. The molecule has 2 aliphatic rings. The molecule has 0 aromatic carbocycles. The number of amides is 1. The predicted molar refractivity (Wildman–Crippen MR) is 126 cm³/mol. The first-order valence-corrected chi connectivity index (χ1v) is 12.2. The molecule has 9 nitrogen and oxygen atoms in total. The van der Waals surface area contributed by atoms with E-state index >= 15 is 0 Å². The van der Waals surface area contributed by atoms with Gasteiger partial charge >= 0.3 is 24.3 Å². The molecule has 0 bridgehead atoms. The number of nitrogens with one attached hydrogen (secondary N) is 1. The van der Waals surface area contributed by atoms with Gasteiger partial charge in [-0.25, -0.2) is 9.59 Å². The zero-order valence-corrected chi connectivity index (χ0v) is 21.1. The fourth-order valence-electron chi connectivity index (χ4n) is 3.78. The van der Waals surface area contributed by atoms with Gasteiger partial charge in [-0.1, -0.05) is 0 Å². The summed E-state index contributed by atoms with van der Waals surface area (Å²) < 4.78 is 69.6. The highest BCUT2D eigenvalue weighted by molar-refractivity contribution is 7.07. The van der Waals surface area contributed by atoms with E-state index in [4.69, 9.17) is 24.5 Å². The quantitative estimate of drug-likeness (QED) is 0.453. The fraction of sp³-hybridized carbons (Fsp3) is 0.478. The van der Waals surface area contributed by atoms with E-state index in [1.165, 1.54) is 5.56 Å². The largest absolute Gasteiger partial charge is 0.490 e. The molecule has 2 aromatic heterocycles. The van der Waals surface area contributed by atoms with Crippen molar-refractivity contribution in [2.24, 2.45) is 5.92 Å². The predicted octanol–water partition coefficient (Wildman–Crippen LogP) is 4.34. The standard InChI is InChI=1S/C19H23N3O2S.2C2HF3O2/c1-13-16(3-2-6-20-13)21-19(23)17-9-15-4-7-22(11-18(15)24-17)10-14-5-8-25-12-14;2*3-2(4,5)1(6)7/h2-3,5-6,8,12,15,17-18H,4,7,9-11H2,1H3,(H,21,23);2*(H,6,7)/t15-,17+,18+;;/m0../s1. The van der Waals surface area contributed by atoms with Gasteiger partial charge < -0.3 is 20.3 Å². The minimum Gasteiger partial charge on any atom is -0.475 e. The number of carbonyl (C=O) groups is 3. The Balaban J connectivity index is 0.000000317. The van der Waals surface area contributed by atoms with Crippen molar-refractivity contribution in [1.82, 2.24) is 9.88 Å². The highest BCUT2D eigenvalue weighted by atomic mass is 32.1. The second kappa shape index (κ2) is 13.7. The molecule has 4 rings (SSSR count). The number of piperidine rings is 1. The van der Waals surface area contributed by atoms with Crippen LogP contribution in [-0.4, -0.2) is 75.6 Å². The molecule has 2 saturated heterocycles. The van der Waals surface area contributed by atoms with Gasteiger partial charge in [-0.15, -0.1) is 0 Å². The van der Waals surface area contributed by atoms with Crippen molar-refractivity contribution in [3.8, 4) is 0 Å². The number of hydrogen-bond donors (Lipinski definition) is 3. The second-order valence-electron chi connectivity index (χ2n) is 8.55. The topological polar surface area (TPSA) is 129 Å². The summed E-state index contributed by atoms with van der Waals surface area (Å²) in [7, 11) is 0. The third-order valence-electron chi connectivity index (χ3n) is 5.66. The Morgan fingerprint density at radius 1 is 1.13 bits per heavy atom. The maximum Gasteiger partial charge on any atom is 0.490 e. The van der Waals surface area contributed by atoms with Crippen LogP contribution >= 0.6 is 11.3 Å². The molecular formula is C23H25F6N3O6S. The molecule has 0 saturated carbocycles. The smallest absolute Gasteiger partial charge is 0.475 e. The first-order valence-electron chi connectivity index (χ1n) is 11.3. The number of carboxylic acid groups (broad SMARTS) is 2. The van der Waals surface area contributed by atoms with Crippen LogP contribution in [-0.2, 0) is 25.7 Å². The summed E-state index contributed by atoms with van der Waals surface area (Å²) in [4.78, 5) is 37.0. The third-order valence-corrected chi connectivity index (χ3v) is 6.40. The number of halogens is 6. The van der Waals surface area contributed by atoms with E-state index < -0.39 is 24.3 Å². The van der Waals surface area contributed by atoms with Crippen molar-refractivity contribution in [2.45, 2.75) is 50.9 Å². The van der Waals surface area contributed by atoms with Crippen LogP contribution in [0.25, 0.3) is 0 Å². The molecule has 0 spiro atoms. The van der Waals surface area contributed by atoms with Crippen LogP contribution in [0.5, 0.6) is 0 Å². The Kier molecular flexibility index (Phi) is 11.2. The molecular weight excluding hydrogens is 560 g/mol. The van der Waals surface area contributed by atoms with Crippen LogP contribution in [0.2, 0.25) is 0 Å². The molecule has 3 N–H and O–H groups in total. The maximum absolute atomic E-state index is 12.6. The van der Waals surface area contributed by atoms with Crippen molar-refractivity contribution in [1.29, 1.82) is 0 Å². The normalized spacial score (nSPS) is 20.9.